The van der Waals surface area contributed by atoms with Gasteiger partial charge in [-0.1, -0.05) is 30.4 Å². The lowest BCUT2D eigenvalue weighted by atomic mass is 10.0. The summed E-state index contributed by atoms with van der Waals surface area (Å²) in [4.78, 5) is 24.2. The van der Waals surface area contributed by atoms with Crippen LogP contribution in [0, 0.1) is 6.92 Å². The predicted molar refractivity (Wildman–Crippen MR) is 149 cm³/mol. The smallest absolute Gasteiger partial charge is 0.252 e. The summed E-state index contributed by atoms with van der Waals surface area (Å²) in [6, 6.07) is 10.3. The van der Waals surface area contributed by atoms with Gasteiger partial charge in [-0.15, -0.1) is 11.8 Å². The first-order valence-electron chi connectivity index (χ1n) is 12.7. The van der Waals surface area contributed by atoms with Gasteiger partial charge in [0.25, 0.3) is 5.56 Å². The fourth-order valence-electron chi connectivity index (χ4n) is 5.06. The Morgan fingerprint density at radius 2 is 1.92 bits per heavy atom. The SMILES string of the molecule is CSc1cccc(C)c1Cn1c(=O)ccc2c1=NC(NC1=CCC(N3CCN(C)CC3)C=C1)=CCC=2. The van der Waals surface area contributed by atoms with E-state index in [0.29, 0.717) is 18.1 Å². The van der Waals surface area contributed by atoms with E-state index in [1.54, 1.807) is 17.8 Å². The van der Waals surface area contributed by atoms with E-state index in [0.717, 1.165) is 55.8 Å². The largest absolute Gasteiger partial charge is 0.341 e. The van der Waals surface area contributed by atoms with Crippen LogP contribution in [-0.2, 0) is 6.54 Å². The summed E-state index contributed by atoms with van der Waals surface area (Å²) in [5.74, 6) is 0.785. The number of hydrogen-bond donors (Lipinski definition) is 1. The minimum Gasteiger partial charge on any atom is -0.341 e. The normalized spacial score (nSPS) is 20.5. The molecular formula is C29H35N5OS. The molecule has 7 heteroatoms. The van der Waals surface area contributed by atoms with Crippen LogP contribution in [0.25, 0.3) is 6.08 Å². The first kappa shape index (κ1) is 24.8. The quantitative estimate of drug-likeness (QED) is 0.617. The number of pyridine rings is 1. The summed E-state index contributed by atoms with van der Waals surface area (Å²) in [7, 11) is 2.19. The van der Waals surface area contributed by atoms with Crippen LogP contribution in [0.5, 0.6) is 0 Å². The first-order chi connectivity index (χ1) is 17.5. The van der Waals surface area contributed by atoms with Crippen molar-refractivity contribution >= 4 is 17.8 Å². The summed E-state index contributed by atoms with van der Waals surface area (Å²) in [6.07, 6.45) is 14.8. The minimum absolute atomic E-state index is 0.0331. The molecule has 1 atom stereocenters. The number of nitrogens with one attached hydrogen (secondary N) is 1. The van der Waals surface area contributed by atoms with Crippen LogP contribution in [0.3, 0.4) is 0 Å². The molecule has 1 unspecified atom stereocenters. The van der Waals surface area contributed by atoms with E-state index in [-0.39, 0.29) is 5.56 Å². The number of aromatic nitrogens is 1. The van der Waals surface area contributed by atoms with Crippen molar-refractivity contribution in [3.63, 3.8) is 0 Å². The molecule has 1 aromatic heterocycles. The number of aryl methyl sites for hydroxylation is 1. The highest BCUT2D eigenvalue weighted by Crippen LogP contribution is 2.23. The fourth-order valence-corrected chi connectivity index (χ4v) is 5.75. The topological polar surface area (TPSA) is 52.9 Å². The zero-order chi connectivity index (χ0) is 25.1. The second-order valence-corrected chi connectivity index (χ2v) is 10.6. The van der Waals surface area contributed by atoms with Gasteiger partial charge in [-0.05, 0) is 68.5 Å². The lowest BCUT2D eigenvalue weighted by Crippen LogP contribution is -2.48. The van der Waals surface area contributed by atoms with Crippen LogP contribution in [0.4, 0.5) is 0 Å². The van der Waals surface area contributed by atoms with Crippen molar-refractivity contribution in [2.75, 3.05) is 39.5 Å². The van der Waals surface area contributed by atoms with E-state index in [1.807, 2.05) is 10.6 Å². The maximum Gasteiger partial charge on any atom is 0.252 e. The molecule has 6 nitrogen and oxygen atoms in total. The molecule has 3 heterocycles. The summed E-state index contributed by atoms with van der Waals surface area (Å²) in [5.41, 5.74) is 4.10. The van der Waals surface area contributed by atoms with E-state index >= 15 is 0 Å². The molecule has 2 aliphatic heterocycles. The van der Waals surface area contributed by atoms with Crippen LogP contribution < -0.4 is 21.6 Å². The third-order valence-corrected chi connectivity index (χ3v) is 8.14. The number of likely N-dealkylation sites (N-methyl/N-ethyl adjacent to an activating group) is 1. The average molecular weight is 502 g/mol. The average Bonchev–Trinajstić information content (AvgIpc) is 3.09. The molecule has 2 aromatic rings. The van der Waals surface area contributed by atoms with Gasteiger partial charge in [-0.3, -0.25) is 14.3 Å². The van der Waals surface area contributed by atoms with Gasteiger partial charge in [0.1, 0.15) is 11.3 Å². The Balaban J connectivity index is 1.39. The predicted octanol–water partition coefficient (Wildman–Crippen LogP) is 2.62. The zero-order valence-corrected chi connectivity index (χ0v) is 22.2. The maximum absolute atomic E-state index is 13.0. The number of benzene rings is 1. The number of nitrogens with zero attached hydrogens (tertiary/aromatic N) is 4. The fraction of sp³-hybridized carbons (Fsp3) is 0.379. The lowest BCUT2D eigenvalue weighted by molar-refractivity contribution is 0.130. The molecule has 1 aromatic carbocycles. The highest BCUT2D eigenvalue weighted by atomic mass is 32.2. The molecule has 1 fully saturated rings. The third-order valence-electron chi connectivity index (χ3n) is 7.32. The van der Waals surface area contributed by atoms with Gasteiger partial charge >= 0.3 is 0 Å². The molecule has 0 spiro atoms. The number of rotatable bonds is 6. The standard InChI is InChI=1S/C29H35N5OS/c1-21-6-4-8-26(36-3)25(21)20-34-28(35)15-10-22-7-5-9-27(31-29(22)34)30-23-11-13-24(14-12-23)33-18-16-32(2)17-19-33/h4,6-13,15,24,30H,5,14,16-20H2,1-3H3. The Bertz CT molecular complexity index is 1400. The Labute approximate surface area is 217 Å². The van der Waals surface area contributed by atoms with Crippen LogP contribution in [0.2, 0.25) is 0 Å². The molecule has 0 radical (unpaired) electrons. The molecule has 0 saturated carbocycles. The van der Waals surface area contributed by atoms with Crippen LogP contribution in [-0.4, -0.2) is 59.9 Å². The maximum atomic E-state index is 13.0. The van der Waals surface area contributed by atoms with Crippen molar-refractivity contribution in [3.8, 4) is 0 Å². The third kappa shape index (κ3) is 5.43. The molecule has 0 bridgehead atoms. The van der Waals surface area contributed by atoms with E-state index in [9.17, 15) is 4.79 Å². The number of piperazine rings is 1. The molecule has 188 valence electrons. The molecule has 1 saturated heterocycles. The number of fused-ring (bicyclic) bond motifs is 1. The zero-order valence-electron chi connectivity index (χ0n) is 21.4. The summed E-state index contributed by atoms with van der Waals surface area (Å²) in [5, 5.41) is 4.51. The molecule has 3 aliphatic rings. The van der Waals surface area contributed by atoms with Crippen LogP contribution >= 0.6 is 11.8 Å². The van der Waals surface area contributed by atoms with E-state index in [4.69, 9.17) is 4.99 Å². The van der Waals surface area contributed by atoms with Gasteiger partial charge in [0.2, 0.25) is 0 Å². The monoisotopic (exact) mass is 501 g/mol. The van der Waals surface area contributed by atoms with Gasteiger partial charge in [-0.2, -0.15) is 0 Å². The van der Waals surface area contributed by atoms with Gasteiger partial charge in [0.15, 0.2) is 0 Å². The molecule has 0 amide bonds. The first-order valence-corrected chi connectivity index (χ1v) is 13.9. The molecule has 1 aliphatic carbocycles. The van der Waals surface area contributed by atoms with Crippen LogP contribution in [0.1, 0.15) is 24.0 Å². The second-order valence-electron chi connectivity index (χ2n) is 9.72. The molecule has 5 rings (SSSR count). The second kappa shape index (κ2) is 11.0. The van der Waals surface area contributed by atoms with Crippen LogP contribution in [0.15, 0.2) is 80.8 Å². The summed E-state index contributed by atoms with van der Waals surface area (Å²) in [6.45, 7) is 7.10. The molecular weight excluding hydrogens is 466 g/mol. The van der Waals surface area contributed by atoms with Crippen molar-refractivity contribution in [2.45, 2.75) is 37.2 Å². The Morgan fingerprint density at radius 1 is 1.08 bits per heavy atom. The molecule has 1 N–H and O–H groups in total. The summed E-state index contributed by atoms with van der Waals surface area (Å²) >= 11 is 1.71. The van der Waals surface area contributed by atoms with Gasteiger partial charge in [-0.25, -0.2) is 4.99 Å². The summed E-state index contributed by atoms with van der Waals surface area (Å²) < 4.78 is 1.81. The van der Waals surface area contributed by atoms with E-state index in [1.165, 1.54) is 16.0 Å². The number of thioether (sulfide) groups is 1. The Kier molecular flexibility index (Phi) is 7.60. The van der Waals surface area contributed by atoms with Crippen molar-refractivity contribution < 1.29 is 0 Å². The van der Waals surface area contributed by atoms with E-state index < -0.39 is 0 Å². The lowest BCUT2D eigenvalue weighted by Gasteiger charge is -2.37. The Morgan fingerprint density at radius 3 is 2.67 bits per heavy atom. The highest BCUT2D eigenvalue weighted by molar-refractivity contribution is 7.98. The van der Waals surface area contributed by atoms with Crippen molar-refractivity contribution in [2.24, 2.45) is 4.99 Å². The number of hydrogen-bond acceptors (Lipinski definition) is 6. The van der Waals surface area contributed by atoms with E-state index in [2.05, 4.69) is 83.9 Å². The minimum atomic E-state index is -0.0331. The van der Waals surface area contributed by atoms with Gasteiger partial charge < -0.3 is 10.2 Å². The van der Waals surface area contributed by atoms with Crippen molar-refractivity contribution in [3.05, 3.63) is 98.3 Å². The van der Waals surface area contributed by atoms with Crippen molar-refractivity contribution in [1.82, 2.24) is 19.7 Å². The number of allylic oxidation sites excluding steroid dienone is 2. The Hall–Kier alpha value is -2.87. The highest BCUT2D eigenvalue weighted by Gasteiger charge is 2.21. The molecule has 36 heavy (non-hydrogen) atoms. The van der Waals surface area contributed by atoms with Crippen molar-refractivity contribution in [1.29, 1.82) is 0 Å². The van der Waals surface area contributed by atoms with Gasteiger partial charge in [0.05, 0.1) is 6.54 Å². The van der Waals surface area contributed by atoms with Gasteiger partial charge in [0, 0.05) is 54.1 Å².